The van der Waals surface area contributed by atoms with E-state index in [-0.39, 0.29) is 30.5 Å². The summed E-state index contributed by atoms with van der Waals surface area (Å²) in [7, 11) is 0. The number of hydrogen-bond donors (Lipinski definition) is 1. The van der Waals surface area contributed by atoms with Crippen LogP contribution < -0.4 is 10.1 Å². The van der Waals surface area contributed by atoms with Crippen LogP contribution in [0, 0.1) is 5.82 Å². The highest BCUT2D eigenvalue weighted by Crippen LogP contribution is 2.32. The van der Waals surface area contributed by atoms with E-state index in [2.05, 4.69) is 5.32 Å². The number of fused-ring (bicyclic) bond motifs is 1. The Labute approximate surface area is 128 Å². The van der Waals surface area contributed by atoms with Crippen molar-refractivity contribution in [3.8, 4) is 5.75 Å². The second-order valence-electron chi connectivity index (χ2n) is 5.59. The number of amides is 1. The molecule has 2 aliphatic heterocycles. The summed E-state index contributed by atoms with van der Waals surface area (Å²) >= 11 is 0. The van der Waals surface area contributed by atoms with Crippen LogP contribution in [0.2, 0.25) is 0 Å². The van der Waals surface area contributed by atoms with Gasteiger partial charge in [-0.25, -0.2) is 4.39 Å². The number of nitrogens with one attached hydrogen (secondary N) is 1. The molecule has 0 bridgehead atoms. The minimum Gasteiger partial charge on any atom is -0.493 e. The van der Waals surface area contributed by atoms with Gasteiger partial charge in [-0.15, -0.1) is 0 Å². The van der Waals surface area contributed by atoms with E-state index in [1.54, 1.807) is 6.07 Å². The third-order valence-electron chi connectivity index (χ3n) is 3.91. The van der Waals surface area contributed by atoms with E-state index >= 15 is 0 Å². The largest absolute Gasteiger partial charge is 0.493 e. The third kappa shape index (κ3) is 3.75. The summed E-state index contributed by atoms with van der Waals surface area (Å²) in [4.78, 5) is 12.0. The van der Waals surface area contributed by atoms with E-state index in [0.29, 0.717) is 30.9 Å². The molecular formula is C16H20FNO4. The summed E-state index contributed by atoms with van der Waals surface area (Å²) in [5.41, 5.74) is 0.679. The number of rotatable bonds is 5. The Morgan fingerprint density at radius 3 is 3.09 bits per heavy atom. The Kier molecular flexibility index (Phi) is 4.90. The molecular weight excluding hydrogens is 289 g/mol. The zero-order valence-electron chi connectivity index (χ0n) is 12.3. The monoisotopic (exact) mass is 309 g/mol. The zero-order valence-corrected chi connectivity index (χ0v) is 12.3. The van der Waals surface area contributed by atoms with Crippen molar-refractivity contribution in [1.29, 1.82) is 0 Å². The number of benzene rings is 1. The van der Waals surface area contributed by atoms with Crippen LogP contribution >= 0.6 is 0 Å². The van der Waals surface area contributed by atoms with Crippen LogP contribution in [0.5, 0.6) is 5.75 Å². The lowest BCUT2D eigenvalue weighted by Gasteiger charge is -2.26. The molecule has 6 heteroatoms. The van der Waals surface area contributed by atoms with E-state index in [1.165, 1.54) is 12.1 Å². The second-order valence-corrected chi connectivity index (χ2v) is 5.59. The summed E-state index contributed by atoms with van der Waals surface area (Å²) in [5.74, 6) is 0.0801. The highest BCUT2D eigenvalue weighted by molar-refractivity contribution is 5.77. The van der Waals surface area contributed by atoms with Gasteiger partial charge >= 0.3 is 0 Å². The van der Waals surface area contributed by atoms with Gasteiger partial charge in [0.2, 0.25) is 5.91 Å². The van der Waals surface area contributed by atoms with Crippen LogP contribution in [-0.2, 0) is 14.3 Å². The van der Waals surface area contributed by atoms with E-state index < -0.39 is 0 Å². The molecule has 0 aliphatic carbocycles. The van der Waals surface area contributed by atoms with E-state index in [9.17, 15) is 9.18 Å². The van der Waals surface area contributed by atoms with Crippen molar-refractivity contribution in [3.05, 3.63) is 29.6 Å². The maximum absolute atomic E-state index is 13.4. The van der Waals surface area contributed by atoms with Crippen LogP contribution in [0.4, 0.5) is 4.39 Å². The molecule has 2 heterocycles. The van der Waals surface area contributed by atoms with Gasteiger partial charge in [0, 0.05) is 18.6 Å². The molecule has 120 valence electrons. The number of carbonyl (C=O) groups is 1. The fraction of sp³-hybridized carbons (Fsp3) is 0.562. The highest BCUT2D eigenvalue weighted by atomic mass is 19.1. The zero-order chi connectivity index (χ0) is 15.4. The minimum absolute atomic E-state index is 0.0120. The molecule has 0 aromatic heterocycles. The average Bonchev–Trinajstić information content (AvgIpc) is 3.01. The lowest BCUT2D eigenvalue weighted by Crippen LogP contribution is -2.35. The van der Waals surface area contributed by atoms with Crippen molar-refractivity contribution < 1.29 is 23.4 Å². The summed E-state index contributed by atoms with van der Waals surface area (Å²) in [5, 5.41) is 2.88. The fourth-order valence-electron chi connectivity index (χ4n) is 2.81. The van der Waals surface area contributed by atoms with Crippen molar-refractivity contribution in [3.63, 3.8) is 0 Å². The first-order valence-corrected chi connectivity index (χ1v) is 7.63. The molecule has 2 unspecified atom stereocenters. The third-order valence-corrected chi connectivity index (χ3v) is 3.91. The Morgan fingerprint density at radius 1 is 1.36 bits per heavy atom. The standard InChI is InChI=1S/C16H20FNO4/c17-11-3-4-15-13(8-11)14(5-7-22-15)18-16(19)10-20-9-12-2-1-6-21-12/h3-4,8,12,14H,1-2,5-7,9-10H2,(H,18,19). The van der Waals surface area contributed by atoms with E-state index in [4.69, 9.17) is 14.2 Å². The van der Waals surface area contributed by atoms with Gasteiger partial charge in [-0.05, 0) is 31.0 Å². The molecule has 0 saturated carbocycles. The van der Waals surface area contributed by atoms with Gasteiger partial charge < -0.3 is 19.5 Å². The van der Waals surface area contributed by atoms with Gasteiger partial charge in [0.25, 0.3) is 0 Å². The number of halogens is 1. The van der Waals surface area contributed by atoms with Crippen LogP contribution in [-0.4, -0.2) is 38.4 Å². The number of ether oxygens (including phenoxy) is 3. The summed E-state index contributed by atoms with van der Waals surface area (Å²) in [6, 6.07) is 4.12. The molecule has 1 aromatic rings. The van der Waals surface area contributed by atoms with Gasteiger partial charge in [-0.1, -0.05) is 0 Å². The number of hydrogen-bond acceptors (Lipinski definition) is 4. The van der Waals surface area contributed by atoms with Crippen molar-refractivity contribution in [2.24, 2.45) is 0 Å². The van der Waals surface area contributed by atoms with Crippen molar-refractivity contribution in [2.75, 3.05) is 26.4 Å². The predicted octanol–water partition coefficient (Wildman–Crippen LogP) is 1.96. The molecule has 0 spiro atoms. The average molecular weight is 309 g/mol. The van der Waals surface area contributed by atoms with Crippen LogP contribution in [0.15, 0.2) is 18.2 Å². The predicted molar refractivity (Wildman–Crippen MR) is 77.2 cm³/mol. The molecule has 5 nitrogen and oxygen atoms in total. The van der Waals surface area contributed by atoms with Gasteiger partial charge in [0.15, 0.2) is 0 Å². The van der Waals surface area contributed by atoms with Crippen molar-refractivity contribution in [1.82, 2.24) is 5.32 Å². The first-order chi connectivity index (χ1) is 10.7. The summed E-state index contributed by atoms with van der Waals surface area (Å²) in [6.07, 6.45) is 2.75. The molecule has 3 rings (SSSR count). The smallest absolute Gasteiger partial charge is 0.246 e. The Morgan fingerprint density at radius 2 is 2.27 bits per heavy atom. The Balaban J connectivity index is 1.50. The van der Waals surface area contributed by atoms with Crippen LogP contribution in [0.25, 0.3) is 0 Å². The van der Waals surface area contributed by atoms with E-state index in [1.807, 2.05) is 0 Å². The van der Waals surface area contributed by atoms with Gasteiger partial charge in [-0.3, -0.25) is 4.79 Å². The van der Waals surface area contributed by atoms with E-state index in [0.717, 1.165) is 19.4 Å². The SMILES string of the molecule is O=C(COCC1CCCO1)NC1CCOc2ccc(F)cc21. The molecule has 2 atom stereocenters. The molecule has 22 heavy (non-hydrogen) atoms. The quantitative estimate of drug-likeness (QED) is 0.903. The summed E-state index contributed by atoms with van der Waals surface area (Å²) < 4.78 is 29.7. The summed E-state index contributed by atoms with van der Waals surface area (Å²) in [6.45, 7) is 1.69. The normalized spacial score (nSPS) is 23.7. The molecule has 1 N–H and O–H groups in total. The molecule has 0 radical (unpaired) electrons. The topological polar surface area (TPSA) is 56.8 Å². The lowest BCUT2D eigenvalue weighted by molar-refractivity contribution is -0.127. The maximum Gasteiger partial charge on any atom is 0.246 e. The van der Waals surface area contributed by atoms with Crippen LogP contribution in [0.1, 0.15) is 30.9 Å². The van der Waals surface area contributed by atoms with Gasteiger partial charge in [0.05, 0.1) is 25.4 Å². The Hall–Kier alpha value is -1.66. The van der Waals surface area contributed by atoms with Crippen molar-refractivity contribution >= 4 is 5.91 Å². The highest BCUT2D eigenvalue weighted by Gasteiger charge is 2.24. The van der Waals surface area contributed by atoms with Gasteiger partial charge in [0.1, 0.15) is 18.2 Å². The van der Waals surface area contributed by atoms with Crippen molar-refractivity contribution in [2.45, 2.75) is 31.4 Å². The first kappa shape index (κ1) is 15.2. The maximum atomic E-state index is 13.4. The van der Waals surface area contributed by atoms with Gasteiger partial charge in [-0.2, -0.15) is 0 Å². The van der Waals surface area contributed by atoms with Crippen LogP contribution in [0.3, 0.4) is 0 Å². The number of carbonyl (C=O) groups excluding carboxylic acids is 1. The Bertz CT molecular complexity index is 531. The molecule has 1 amide bonds. The molecule has 1 fully saturated rings. The lowest BCUT2D eigenvalue weighted by atomic mass is 10.0. The second kappa shape index (κ2) is 7.07. The first-order valence-electron chi connectivity index (χ1n) is 7.63. The minimum atomic E-state index is -0.335. The molecule has 1 aromatic carbocycles. The fourth-order valence-corrected chi connectivity index (χ4v) is 2.81. The molecule has 1 saturated heterocycles. The molecule has 2 aliphatic rings.